The van der Waals surface area contributed by atoms with Crippen LogP contribution in [0.15, 0.2) is 16.5 Å². The van der Waals surface area contributed by atoms with Gasteiger partial charge in [0.1, 0.15) is 9.84 Å². The van der Waals surface area contributed by atoms with Crippen LogP contribution in [0.1, 0.15) is 27.6 Å². The first-order chi connectivity index (χ1) is 11.1. The van der Waals surface area contributed by atoms with Gasteiger partial charge in [0.2, 0.25) is 0 Å². The van der Waals surface area contributed by atoms with Gasteiger partial charge in [-0.3, -0.25) is 14.2 Å². The number of fused-ring (bicyclic) bond motifs is 3. The van der Waals surface area contributed by atoms with Gasteiger partial charge in [-0.2, -0.15) is 0 Å². The van der Waals surface area contributed by atoms with Crippen LogP contribution in [-0.2, 0) is 30.6 Å². The van der Waals surface area contributed by atoms with Gasteiger partial charge < -0.3 is 5.11 Å². The molecule has 3 heterocycles. The Labute approximate surface area is 139 Å². The zero-order chi connectivity index (χ0) is 16.0. The number of carbonyl (C=O) groups is 1. The Morgan fingerprint density at radius 3 is 3.09 bits per heavy atom. The van der Waals surface area contributed by atoms with Gasteiger partial charge in [0.25, 0.3) is 5.56 Å². The predicted octanol–water partition coefficient (Wildman–Crippen LogP) is 2.08. The number of thiazole rings is 1. The number of carboxylic acid groups (broad SMARTS) is 1. The monoisotopic (exact) mass is 347 g/mol. The highest BCUT2D eigenvalue weighted by atomic mass is 32.1. The van der Waals surface area contributed by atoms with Gasteiger partial charge in [-0.05, 0) is 24.8 Å². The standard InChI is InChI=1S/C15H13N3O3S2/c19-12(20)4-8-6-22-11(17-8)5-18-7-16-14-13(15(18)21)9-2-1-3-10(9)23-14/h6-7H,1-5H2,(H,19,20). The van der Waals surface area contributed by atoms with Gasteiger partial charge in [-0.25, -0.2) is 9.97 Å². The fourth-order valence-corrected chi connectivity index (χ4v) is 4.95. The van der Waals surface area contributed by atoms with Crippen molar-refractivity contribution in [2.75, 3.05) is 0 Å². The van der Waals surface area contributed by atoms with Crippen molar-refractivity contribution >= 4 is 38.9 Å². The number of aromatic nitrogens is 3. The second kappa shape index (κ2) is 5.54. The quantitative estimate of drug-likeness (QED) is 0.781. The molecule has 0 bridgehead atoms. The van der Waals surface area contributed by atoms with Crippen molar-refractivity contribution in [2.24, 2.45) is 0 Å². The Morgan fingerprint density at radius 1 is 1.39 bits per heavy atom. The van der Waals surface area contributed by atoms with Crippen molar-refractivity contribution in [3.05, 3.63) is 43.2 Å². The van der Waals surface area contributed by atoms with Crippen LogP contribution in [0.25, 0.3) is 10.2 Å². The lowest BCUT2D eigenvalue weighted by Crippen LogP contribution is -2.21. The largest absolute Gasteiger partial charge is 0.481 e. The first kappa shape index (κ1) is 14.5. The van der Waals surface area contributed by atoms with Crippen molar-refractivity contribution in [3.8, 4) is 0 Å². The van der Waals surface area contributed by atoms with E-state index in [4.69, 9.17) is 5.11 Å². The molecule has 23 heavy (non-hydrogen) atoms. The summed E-state index contributed by atoms with van der Waals surface area (Å²) in [6.45, 7) is 0.330. The third-order valence-electron chi connectivity index (χ3n) is 3.93. The average molecular weight is 347 g/mol. The van der Waals surface area contributed by atoms with E-state index in [-0.39, 0.29) is 12.0 Å². The van der Waals surface area contributed by atoms with Gasteiger partial charge in [0.05, 0.1) is 30.4 Å². The highest BCUT2D eigenvalue weighted by molar-refractivity contribution is 7.18. The summed E-state index contributed by atoms with van der Waals surface area (Å²) in [6, 6.07) is 0. The third-order valence-corrected chi connectivity index (χ3v) is 6.01. The summed E-state index contributed by atoms with van der Waals surface area (Å²) in [5, 5.41) is 12.0. The highest BCUT2D eigenvalue weighted by Crippen LogP contribution is 2.34. The van der Waals surface area contributed by atoms with Gasteiger partial charge >= 0.3 is 5.97 Å². The molecular formula is C15H13N3O3S2. The van der Waals surface area contributed by atoms with Crippen LogP contribution < -0.4 is 5.56 Å². The highest BCUT2D eigenvalue weighted by Gasteiger charge is 2.21. The van der Waals surface area contributed by atoms with Crippen molar-refractivity contribution in [3.63, 3.8) is 0 Å². The molecule has 4 rings (SSSR count). The molecule has 0 aromatic carbocycles. The number of carboxylic acids is 1. The molecule has 0 aliphatic heterocycles. The summed E-state index contributed by atoms with van der Waals surface area (Å²) in [4.78, 5) is 34.3. The molecule has 0 unspecified atom stereocenters. The van der Waals surface area contributed by atoms with E-state index in [1.807, 2.05) is 0 Å². The van der Waals surface area contributed by atoms with E-state index < -0.39 is 5.97 Å². The SMILES string of the molecule is O=C(O)Cc1csc(Cn2cnc3sc4c(c3c2=O)CCC4)n1. The fourth-order valence-electron chi connectivity index (χ4n) is 2.94. The van der Waals surface area contributed by atoms with Crippen LogP contribution in [0.4, 0.5) is 0 Å². The Bertz CT molecular complexity index is 970. The first-order valence-corrected chi connectivity index (χ1v) is 8.96. The van der Waals surface area contributed by atoms with Gasteiger partial charge in [-0.15, -0.1) is 22.7 Å². The van der Waals surface area contributed by atoms with E-state index >= 15 is 0 Å². The summed E-state index contributed by atoms with van der Waals surface area (Å²) in [5.41, 5.74) is 1.67. The number of hydrogen-bond donors (Lipinski definition) is 1. The summed E-state index contributed by atoms with van der Waals surface area (Å²) >= 11 is 2.99. The number of thiophene rings is 1. The zero-order valence-corrected chi connectivity index (χ0v) is 13.7. The Morgan fingerprint density at radius 2 is 2.26 bits per heavy atom. The Hall–Kier alpha value is -2.06. The van der Waals surface area contributed by atoms with Gasteiger partial charge in [0, 0.05) is 10.3 Å². The van der Waals surface area contributed by atoms with E-state index in [9.17, 15) is 9.59 Å². The van der Waals surface area contributed by atoms with Crippen LogP contribution in [0.2, 0.25) is 0 Å². The zero-order valence-electron chi connectivity index (χ0n) is 12.1. The second-order valence-electron chi connectivity index (χ2n) is 5.52. The van der Waals surface area contributed by atoms with Gasteiger partial charge in [0.15, 0.2) is 0 Å². The lowest BCUT2D eigenvalue weighted by atomic mass is 10.2. The van der Waals surface area contributed by atoms with Crippen molar-refractivity contribution in [1.29, 1.82) is 0 Å². The Kier molecular flexibility index (Phi) is 3.50. The molecule has 0 amide bonds. The number of hydrogen-bond acceptors (Lipinski definition) is 6. The number of aliphatic carboxylic acids is 1. The molecule has 118 valence electrons. The fraction of sp³-hybridized carbons (Fsp3) is 0.333. The van der Waals surface area contributed by atoms with E-state index in [1.165, 1.54) is 21.8 Å². The third kappa shape index (κ3) is 2.57. The van der Waals surface area contributed by atoms with Crippen LogP contribution >= 0.6 is 22.7 Å². The molecule has 3 aromatic heterocycles. The minimum atomic E-state index is -0.907. The van der Waals surface area contributed by atoms with Crippen LogP contribution in [0.3, 0.4) is 0 Å². The molecule has 0 radical (unpaired) electrons. The smallest absolute Gasteiger partial charge is 0.309 e. The lowest BCUT2D eigenvalue weighted by Gasteiger charge is -2.03. The number of rotatable bonds is 4. The molecule has 0 spiro atoms. The lowest BCUT2D eigenvalue weighted by molar-refractivity contribution is -0.136. The Balaban J connectivity index is 1.69. The number of nitrogens with zero attached hydrogens (tertiary/aromatic N) is 3. The molecule has 1 aliphatic rings. The number of aryl methyl sites for hydroxylation is 2. The molecule has 3 aromatic rings. The average Bonchev–Trinajstić information content (AvgIpc) is 3.17. The molecule has 0 atom stereocenters. The molecule has 0 saturated heterocycles. The van der Waals surface area contributed by atoms with E-state index in [0.717, 1.165) is 34.5 Å². The molecule has 0 saturated carbocycles. The minimum Gasteiger partial charge on any atom is -0.481 e. The molecular weight excluding hydrogens is 334 g/mol. The van der Waals surface area contributed by atoms with E-state index in [2.05, 4.69) is 9.97 Å². The van der Waals surface area contributed by atoms with Crippen LogP contribution in [0, 0.1) is 0 Å². The molecule has 8 heteroatoms. The molecule has 6 nitrogen and oxygen atoms in total. The molecule has 0 fully saturated rings. The van der Waals surface area contributed by atoms with Crippen LogP contribution in [0.5, 0.6) is 0 Å². The summed E-state index contributed by atoms with van der Waals surface area (Å²) in [7, 11) is 0. The van der Waals surface area contributed by atoms with Crippen molar-refractivity contribution in [1.82, 2.24) is 14.5 Å². The predicted molar refractivity (Wildman–Crippen MR) is 88.5 cm³/mol. The van der Waals surface area contributed by atoms with Gasteiger partial charge in [-0.1, -0.05) is 0 Å². The molecule has 1 aliphatic carbocycles. The first-order valence-electron chi connectivity index (χ1n) is 7.26. The van der Waals surface area contributed by atoms with Crippen molar-refractivity contribution in [2.45, 2.75) is 32.2 Å². The minimum absolute atomic E-state index is 0.0237. The maximum Gasteiger partial charge on any atom is 0.309 e. The maximum absolute atomic E-state index is 12.8. The second-order valence-corrected chi connectivity index (χ2v) is 7.54. The molecule has 1 N–H and O–H groups in total. The normalized spacial score (nSPS) is 13.6. The van der Waals surface area contributed by atoms with E-state index in [0.29, 0.717) is 12.2 Å². The van der Waals surface area contributed by atoms with Crippen molar-refractivity contribution < 1.29 is 9.90 Å². The summed E-state index contributed by atoms with van der Waals surface area (Å²) < 4.78 is 1.57. The topological polar surface area (TPSA) is 85.1 Å². The maximum atomic E-state index is 12.8. The summed E-state index contributed by atoms with van der Waals surface area (Å²) in [5.74, 6) is -0.907. The summed E-state index contributed by atoms with van der Waals surface area (Å²) in [6.07, 6.45) is 4.57. The van der Waals surface area contributed by atoms with Crippen LogP contribution in [-0.4, -0.2) is 25.6 Å². The van der Waals surface area contributed by atoms with E-state index in [1.54, 1.807) is 27.6 Å².